The summed E-state index contributed by atoms with van der Waals surface area (Å²) in [7, 11) is -1.68. The SMILES string of the molecule is CC(C)C(=O)N1C[C@H]2C[C@H]3[C@](C1)(CN(C)S3(=O)=O)O2. The number of ether oxygens (including phenoxy) is 1. The molecule has 3 rings (SSSR count). The molecule has 19 heavy (non-hydrogen) atoms. The molecule has 3 aliphatic heterocycles. The van der Waals surface area contributed by atoms with Gasteiger partial charge in [-0.2, -0.15) is 0 Å². The smallest absolute Gasteiger partial charge is 0.225 e. The number of sulfonamides is 1. The summed E-state index contributed by atoms with van der Waals surface area (Å²) in [6, 6.07) is 0. The Morgan fingerprint density at radius 3 is 2.68 bits per heavy atom. The average molecular weight is 288 g/mol. The summed E-state index contributed by atoms with van der Waals surface area (Å²) in [4.78, 5) is 13.9. The normalized spacial score (nSPS) is 40.7. The topological polar surface area (TPSA) is 66.9 Å². The minimum Gasteiger partial charge on any atom is -0.365 e. The maximum atomic E-state index is 12.3. The van der Waals surface area contributed by atoms with Crippen molar-refractivity contribution in [2.75, 3.05) is 26.7 Å². The number of hydrogen-bond donors (Lipinski definition) is 0. The first-order chi connectivity index (χ1) is 8.76. The zero-order chi connectivity index (χ0) is 14.0. The van der Waals surface area contributed by atoms with Gasteiger partial charge in [0.25, 0.3) is 0 Å². The predicted octanol–water partition coefficient (Wildman–Crippen LogP) is -0.344. The number of hydrogen-bond acceptors (Lipinski definition) is 4. The largest absolute Gasteiger partial charge is 0.365 e. The highest BCUT2D eigenvalue weighted by atomic mass is 32.2. The Morgan fingerprint density at radius 1 is 1.37 bits per heavy atom. The molecule has 0 unspecified atom stereocenters. The second kappa shape index (κ2) is 3.93. The van der Waals surface area contributed by atoms with Crippen molar-refractivity contribution in [3.63, 3.8) is 0 Å². The number of likely N-dealkylation sites (N-methyl/N-ethyl adjacent to an activating group) is 1. The molecule has 0 aromatic rings. The average Bonchev–Trinajstić information content (AvgIpc) is 2.67. The number of likely N-dealkylation sites (tertiary alicyclic amines) is 1. The van der Waals surface area contributed by atoms with Crippen molar-refractivity contribution in [1.29, 1.82) is 0 Å². The minimum absolute atomic E-state index is 0.0666. The summed E-state index contributed by atoms with van der Waals surface area (Å²) < 4.78 is 31.9. The molecule has 6 nitrogen and oxygen atoms in total. The first-order valence-corrected chi connectivity index (χ1v) is 8.18. The Kier molecular flexibility index (Phi) is 2.75. The first-order valence-electron chi connectivity index (χ1n) is 6.68. The van der Waals surface area contributed by atoms with Crippen molar-refractivity contribution in [3.8, 4) is 0 Å². The third-order valence-electron chi connectivity index (χ3n) is 4.44. The van der Waals surface area contributed by atoms with Crippen LogP contribution in [-0.2, 0) is 19.6 Å². The van der Waals surface area contributed by atoms with Gasteiger partial charge in [-0.15, -0.1) is 0 Å². The maximum Gasteiger partial charge on any atom is 0.225 e. The van der Waals surface area contributed by atoms with Crippen LogP contribution in [-0.4, -0.2) is 67.2 Å². The third kappa shape index (κ3) is 1.75. The molecule has 0 aromatic carbocycles. The van der Waals surface area contributed by atoms with E-state index in [4.69, 9.17) is 4.74 Å². The highest BCUT2D eigenvalue weighted by Crippen LogP contribution is 2.46. The van der Waals surface area contributed by atoms with Gasteiger partial charge < -0.3 is 9.64 Å². The molecule has 0 aliphatic carbocycles. The number of rotatable bonds is 1. The van der Waals surface area contributed by atoms with Crippen molar-refractivity contribution < 1.29 is 17.9 Å². The Bertz CT molecular complexity index is 518. The summed E-state index contributed by atoms with van der Waals surface area (Å²) in [6.07, 6.45) is 0.374. The van der Waals surface area contributed by atoms with E-state index >= 15 is 0 Å². The number of carbonyl (C=O) groups is 1. The number of carbonyl (C=O) groups excluding carboxylic acids is 1. The fourth-order valence-electron chi connectivity index (χ4n) is 3.59. The van der Waals surface area contributed by atoms with Crippen LogP contribution in [0.1, 0.15) is 20.3 Å². The summed E-state index contributed by atoms with van der Waals surface area (Å²) in [5.74, 6) is 0.0170. The van der Waals surface area contributed by atoms with Crippen molar-refractivity contribution in [1.82, 2.24) is 9.21 Å². The lowest BCUT2D eigenvalue weighted by molar-refractivity contribution is -0.153. The lowest BCUT2D eigenvalue weighted by atomic mass is 9.99. The van der Waals surface area contributed by atoms with E-state index in [2.05, 4.69) is 0 Å². The molecule has 3 atom stereocenters. The maximum absolute atomic E-state index is 12.3. The van der Waals surface area contributed by atoms with Crippen LogP contribution in [0.3, 0.4) is 0 Å². The lowest BCUT2D eigenvalue weighted by Gasteiger charge is -2.40. The summed E-state index contributed by atoms with van der Waals surface area (Å²) in [6.45, 7) is 5.01. The summed E-state index contributed by atoms with van der Waals surface area (Å²) in [5, 5.41) is -0.486. The van der Waals surface area contributed by atoms with Gasteiger partial charge in [-0.25, -0.2) is 12.7 Å². The summed E-state index contributed by atoms with van der Waals surface area (Å²) in [5.41, 5.74) is -0.707. The van der Waals surface area contributed by atoms with E-state index in [0.717, 1.165) is 0 Å². The fraction of sp³-hybridized carbons (Fsp3) is 0.917. The van der Waals surface area contributed by atoms with Gasteiger partial charge in [-0.3, -0.25) is 4.79 Å². The van der Waals surface area contributed by atoms with Gasteiger partial charge >= 0.3 is 0 Å². The molecule has 0 N–H and O–H groups in total. The van der Waals surface area contributed by atoms with E-state index in [-0.39, 0.29) is 17.9 Å². The Balaban J connectivity index is 1.92. The van der Waals surface area contributed by atoms with Crippen molar-refractivity contribution in [2.45, 2.75) is 37.2 Å². The molecule has 1 amide bonds. The highest BCUT2D eigenvalue weighted by molar-refractivity contribution is 7.90. The molecule has 1 spiro atoms. The molecule has 3 heterocycles. The predicted molar refractivity (Wildman–Crippen MR) is 69.0 cm³/mol. The molecule has 0 radical (unpaired) electrons. The van der Waals surface area contributed by atoms with Gasteiger partial charge in [-0.05, 0) is 6.42 Å². The molecule has 2 bridgehead atoms. The molecule has 3 fully saturated rings. The molecule has 7 heteroatoms. The summed E-state index contributed by atoms with van der Waals surface area (Å²) >= 11 is 0. The van der Waals surface area contributed by atoms with Crippen LogP contribution in [0.4, 0.5) is 0 Å². The van der Waals surface area contributed by atoms with Gasteiger partial charge in [0, 0.05) is 26.1 Å². The van der Waals surface area contributed by atoms with Crippen LogP contribution >= 0.6 is 0 Å². The van der Waals surface area contributed by atoms with Crippen LogP contribution in [0.5, 0.6) is 0 Å². The van der Waals surface area contributed by atoms with Crippen LogP contribution in [0.25, 0.3) is 0 Å². The van der Waals surface area contributed by atoms with E-state index in [1.54, 1.807) is 11.9 Å². The van der Waals surface area contributed by atoms with Crippen molar-refractivity contribution in [2.24, 2.45) is 5.92 Å². The van der Waals surface area contributed by atoms with Crippen LogP contribution in [0.2, 0.25) is 0 Å². The molecule has 0 saturated carbocycles. The molecule has 3 aliphatic rings. The monoisotopic (exact) mass is 288 g/mol. The van der Waals surface area contributed by atoms with Crippen molar-refractivity contribution >= 4 is 15.9 Å². The second-order valence-electron chi connectivity index (χ2n) is 6.20. The van der Waals surface area contributed by atoms with Crippen LogP contribution < -0.4 is 0 Å². The minimum atomic E-state index is -3.27. The molecule has 0 aromatic heterocycles. The van der Waals surface area contributed by atoms with Gasteiger partial charge in [0.1, 0.15) is 10.9 Å². The van der Waals surface area contributed by atoms with Crippen LogP contribution in [0, 0.1) is 5.92 Å². The number of nitrogens with zero attached hydrogens (tertiary/aromatic N) is 2. The van der Waals surface area contributed by atoms with Crippen LogP contribution in [0.15, 0.2) is 0 Å². The first kappa shape index (κ1) is 13.3. The quantitative estimate of drug-likeness (QED) is 0.662. The lowest BCUT2D eigenvalue weighted by Crippen LogP contribution is -2.57. The highest BCUT2D eigenvalue weighted by Gasteiger charge is 2.64. The van der Waals surface area contributed by atoms with E-state index in [9.17, 15) is 13.2 Å². The second-order valence-corrected chi connectivity index (χ2v) is 8.43. The van der Waals surface area contributed by atoms with E-state index in [1.165, 1.54) is 4.31 Å². The Hall–Kier alpha value is -0.660. The van der Waals surface area contributed by atoms with Gasteiger partial charge in [0.05, 0.1) is 12.6 Å². The standard InChI is InChI=1S/C12H20N2O4S/c1-8(2)11(15)14-5-9-4-10-12(7-14,18-9)6-13(3)19(10,16)17/h8-10H,4-7H2,1-3H3/t9-,10+,12-/m1/s1. The number of fused-ring (bicyclic) bond motifs is 1. The van der Waals surface area contributed by atoms with E-state index in [0.29, 0.717) is 26.1 Å². The fourth-order valence-corrected chi connectivity index (χ4v) is 5.63. The number of morpholine rings is 1. The van der Waals surface area contributed by atoms with Gasteiger partial charge in [0.2, 0.25) is 15.9 Å². The zero-order valence-electron chi connectivity index (χ0n) is 11.5. The van der Waals surface area contributed by atoms with E-state index in [1.807, 2.05) is 13.8 Å². The van der Waals surface area contributed by atoms with Gasteiger partial charge in [0.15, 0.2) is 0 Å². The Morgan fingerprint density at radius 2 is 2.05 bits per heavy atom. The number of amides is 1. The zero-order valence-corrected chi connectivity index (χ0v) is 12.3. The third-order valence-corrected chi connectivity index (χ3v) is 6.78. The molecule has 108 valence electrons. The van der Waals surface area contributed by atoms with E-state index < -0.39 is 20.9 Å². The Labute approximate surface area is 113 Å². The molecule has 3 saturated heterocycles. The molecular formula is C12H20N2O4S. The van der Waals surface area contributed by atoms with Gasteiger partial charge in [-0.1, -0.05) is 13.8 Å². The van der Waals surface area contributed by atoms with Crippen molar-refractivity contribution in [3.05, 3.63) is 0 Å². The molecular weight excluding hydrogens is 268 g/mol.